The predicted octanol–water partition coefficient (Wildman–Crippen LogP) is 1.06. The quantitative estimate of drug-likeness (QED) is 0.234. The van der Waals surface area contributed by atoms with E-state index in [1.165, 1.54) is 11.8 Å². The Morgan fingerprint density at radius 2 is 2.27 bits per heavy atom. The number of thioether (sulfide) groups is 1. The van der Waals surface area contributed by atoms with E-state index >= 15 is 0 Å². The van der Waals surface area contributed by atoms with Crippen molar-refractivity contribution in [2.24, 2.45) is 4.99 Å². The molecular formula is C7H9N3S. The van der Waals surface area contributed by atoms with Gasteiger partial charge in [-0.15, -0.1) is 4.99 Å². The SMILES string of the molecule is CSC(=NC#N)N1CC=CC1. The lowest BCUT2D eigenvalue weighted by atomic mass is 10.6. The van der Waals surface area contributed by atoms with E-state index in [1.807, 2.05) is 11.2 Å². The Labute approximate surface area is 70.4 Å². The molecular weight excluding hydrogens is 158 g/mol. The Balaban J connectivity index is 2.57. The van der Waals surface area contributed by atoms with Crippen molar-refractivity contribution in [2.75, 3.05) is 19.3 Å². The van der Waals surface area contributed by atoms with Crippen molar-refractivity contribution in [1.82, 2.24) is 4.90 Å². The maximum Gasteiger partial charge on any atom is 0.208 e. The number of nitriles is 1. The van der Waals surface area contributed by atoms with Crippen molar-refractivity contribution in [3.05, 3.63) is 12.2 Å². The first-order chi connectivity index (χ1) is 5.38. The maximum atomic E-state index is 8.33. The Morgan fingerprint density at radius 1 is 1.64 bits per heavy atom. The number of hydrogen-bond donors (Lipinski definition) is 0. The minimum absolute atomic E-state index is 0.803. The second kappa shape index (κ2) is 4.04. The number of aliphatic imine (C=N–C) groups is 1. The number of hydrogen-bond acceptors (Lipinski definition) is 3. The summed E-state index contributed by atoms with van der Waals surface area (Å²) in [5.74, 6) is 0. The summed E-state index contributed by atoms with van der Waals surface area (Å²) in [4.78, 5) is 5.75. The molecule has 0 N–H and O–H groups in total. The van der Waals surface area contributed by atoms with Gasteiger partial charge in [-0.3, -0.25) is 0 Å². The Hall–Kier alpha value is -0.950. The molecule has 3 nitrogen and oxygen atoms in total. The molecule has 0 aromatic heterocycles. The molecule has 1 aliphatic heterocycles. The van der Waals surface area contributed by atoms with Crippen LogP contribution in [0.4, 0.5) is 0 Å². The summed E-state index contributed by atoms with van der Waals surface area (Å²) in [7, 11) is 0. The van der Waals surface area contributed by atoms with E-state index in [2.05, 4.69) is 17.1 Å². The standard InChI is InChI=1S/C7H9N3S/c1-11-7(9-6-8)10-4-2-3-5-10/h2-3H,4-5H2,1H3. The van der Waals surface area contributed by atoms with Crippen LogP contribution in [-0.4, -0.2) is 29.4 Å². The molecule has 58 valence electrons. The molecule has 0 saturated heterocycles. The van der Waals surface area contributed by atoms with Gasteiger partial charge in [0, 0.05) is 13.1 Å². The molecule has 0 aromatic rings. The lowest BCUT2D eigenvalue weighted by Crippen LogP contribution is -2.25. The van der Waals surface area contributed by atoms with Crippen molar-refractivity contribution in [2.45, 2.75) is 0 Å². The average molecular weight is 167 g/mol. The molecule has 4 heteroatoms. The van der Waals surface area contributed by atoms with Crippen LogP contribution < -0.4 is 0 Å². The van der Waals surface area contributed by atoms with Gasteiger partial charge in [-0.2, -0.15) is 5.26 Å². The second-order valence-electron chi connectivity index (χ2n) is 2.07. The van der Waals surface area contributed by atoms with E-state index in [4.69, 9.17) is 5.26 Å². The third-order valence-electron chi connectivity index (χ3n) is 1.42. The molecule has 0 atom stereocenters. The van der Waals surface area contributed by atoms with E-state index in [9.17, 15) is 0 Å². The van der Waals surface area contributed by atoms with Crippen LogP contribution >= 0.6 is 11.8 Å². The normalized spacial score (nSPS) is 17.1. The topological polar surface area (TPSA) is 39.4 Å². The number of rotatable bonds is 0. The molecule has 0 fully saturated rings. The summed E-state index contributed by atoms with van der Waals surface area (Å²) in [6, 6.07) is 0. The minimum atomic E-state index is 0.803. The summed E-state index contributed by atoms with van der Waals surface area (Å²) < 4.78 is 0. The van der Waals surface area contributed by atoms with Gasteiger partial charge < -0.3 is 4.90 Å². The Kier molecular flexibility index (Phi) is 2.99. The van der Waals surface area contributed by atoms with Gasteiger partial charge in [-0.05, 0) is 6.26 Å². The maximum absolute atomic E-state index is 8.33. The highest BCUT2D eigenvalue weighted by Crippen LogP contribution is 2.08. The monoisotopic (exact) mass is 167 g/mol. The molecule has 0 bridgehead atoms. The first-order valence-corrected chi connectivity index (χ1v) is 4.51. The number of amidine groups is 1. The second-order valence-corrected chi connectivity index (χ2v) is 2.85. The van der Waals surface area contributed by atoms with Gasteiger partial charge in [0.05, 0.1) is 0 Å². The molecule has 1 rings (SSSR count). The lowest BCUT2D eigenvalue weighted by molar-refractivity contribution is 0.552. The van der Waals surface area contributed by atoms with Crippen LogP contribution in [0.25, 0.3) is 0 Å². The van der Waals surface area contributed by atoms with Crippen LogP contribution in [0.1, 0.15) is 0 Å². The van der Waals surface area contributed by atoms with Gasteiger partial charge in [-0.1, -0.05) is 23.9 Å². The van der Waals surface area contributed by atoms with Gasteiger partial charge in [-0.25, -0.2) is 0 Å². The van der Waals surface area contributed by atoms with Crippen LogP contribution in [0.3, 0.4) is 0 Å². The molecule has 0 radical (unpaired) electrons. The van der Waals surface area contributed by atoms with Gasteiger partial charge in [0.25, 0.3) is 0 Å². The van der Waals surface area contributed by atoms with Crippen LogP contribution in [0.5, 0.6) is 0 Å². The molecule has 0 unspecified atom stereocenters. The fraction of sp³-hybridized carbons (Fsp3) is 0.429. The minimum Gasteiger partial charge on any atom is -0.343 e. The molecule has 0 aromatic carbocycles. The average Bonchev–Trinajstić information content (AvgIpc) is 2.52. The van der Waals surface area contributed by atoms with E-state index in [1.54, 1.807) is 6.19 Å². The molecule has 1 aliphatic rings. The van der Waals surface area contributed by atoms with E-state index < -0.39 is 0 Å². The number of nitrogens with zero attached hydrogens (tertiary/aromatic N) is 3. The van der Waals surface area contributed by atoms with Crippen molar-refractivity contribution < 1.29 is 0 Å². The first kappa shape index (κ1) is 8.15. The van der Waals surface area contributed by atoms with Crippen LogP contribution in [0, 0.1) is 11.5 Å². The third-order valence-corrected chi connectivity index (χ3v) is 2.13. The van der Waals surface area contributed by atoms with Crippen molar-refractivity contribution in [3.63, 3.8) is 0 Å². The first-order valence-electron chi connectivity index (χ1n) is 3.29. The Bertz CT molecular complexity index is 218. The molecule has 1 heterocycles. The van der Waals surface area contributed by atoms with Crippen molar-refractivity contribution >= 4 is 16.9 Å². The summed E-state index contributed by atoms with van der Waals surface area (Å²) in [6.07, 6.45) is 7.86. The summed E-state index contributed by atoms with van der Waals surface area (Å²) in [6.45, 7) is 1.75. The van der Waals surface area contributed by atoms with Crippen molar-refractivity contribution in [1.29, 1.82) is 5.26 Å². The highest BCUT2D eigenvalue weighted by molar-refractivity contribution is 8.13. The van der Waals surface area contributed by atoms with E-state index in [0.29, 0.717) is 0 Å². The van der Waals surface area contributed by atoms with E-state index in [-0.39, 0.29) is 0 Å². The largest absolute Gasteiger partial charge is 0.343 e. The zero-order valence-corrected chi connectivity index (χ0v) is 7.14. The fourth-order valence-corrected chi connectivity index (χ4v) is 1.46. The van der Waals surface area contributed by atoms with Gasteiger partial charge in [0.1, 0.15) is 0 Å². The third kappa shape index (κ3) is 1.99. The van der Waals surface area contributed by atoms with E-state index in [0.717, 1.165) is 18.3 Å². The highest BCUT2D eigenvalue weighted by Gasteiger charge is 2.10. The Morgan fingerprint density at radius 3 is 2.73 bits per heavy atom. The smallest absolute Gasteiger partial charge is 0.208 e. The van der Waals surface area contributed by atoms with Crippen molar-refractivity contribution in [3.8, 4) is 6.19 Å². The fourth-order valence-electron chi connectivity index (χ4n) is 0.922. The van der Waals surface area contributed by atoms with Crippen LogP contribution in [-0.2, 0) is 0 Å². The molecule has 11 heavy (non-hydrogen) atoms. The van der Waals surface area contributed by atoms with Crippen LogP contribution in [0.2, 0.25) is 0 Å². The molecule has 0 aliphatic carbocycles. The summed E-state index contributed by atoms with van der Waals surface area (Å²) >= 11 is 1.51. The summed E-state index contributed by atoms with van der Waals surface area (Å²) in [5, 5.41) is 9.13. The molecule has 0 amide bonds. The predicted molar refractivity (Wildman–Crippen MR) is 47.3 cm³/mol. The summed E-state index contributed by atoms with van der Waals surface area (Å²) in [5.41, 5.74) is 0. The molecule has 0 saturated carbocycles. The zero-order chi connectivity index (χ0) is 8.10. The molecule has 0 spiro atoms. The highest BCUT2D eigenvalue weighted by atomic mass is 32.2. The van der Waals surface area contributed by atoms with Crippen LogP contribution in [0.15, 0.2) is 17.1 Å². The van der Waals surface area contributed by atoms with Gasteiger partial charge in [0.15, 0.2) is 5.17 Å². The van der Waals surface area contributed by atoms with Gasteiger partial charge in [0.2, 0.25) is 6.19 Å². The lowest BCUT2D eigenvalue weighted by Gasteiger charge is -2.15. The van der Waals surface area contributed by atoms with Gasteiger partial charge >= 0.3 is 0 Å². The zero-order valence-electron chi connectivity index (χ0n) is 6.32.